The standard InChI is InChI=1S/C26H28Br2N2O3/c1-17(2)14-29-26(32)18(3)30(15-19-8-11-21(27)12-9-19)24(31)16-33-23-13-10-20-6-4-5-7-22(20)25(23)28/h4-13,17-18H,14-16H2,1-3H3,(H,29,32). The van der Waals surface area contributed by atoms with Crippen LogP contribution in [-0.4, -0.2) is 35.9 Å². The van der Waals surface area contributed by atoms with Gasteiger partial charge < -0.3 is 15.0 Å². The Morgan fingerprint density at radius 2 is 1.67 bits per heavy atom. The number of halogens is 2. The number of fused-ring (bicyclic) bond motifs is 1. The highest BCUT2D eigenvalue weighted by molar-refractivity contribution is 9.11. The molecule has 3 aromatic rings. The molecule has 0 saturated heterocycles. The SMILES string of the molecule is CC(C)CNC(=O)C(C)N(Cc1ccc(Br)cc1)C(=O)COc1ccc2ccccc2c1Br. The molecule has 7 heteroatoms. The molecule has 2 amide bonds. The Labute approximate surface area is 211 Å². The summed E-state index contributed by atoms with van der Waals surface area (Å²) < 4.78 is 7.65. The molecule has 174 valence electrons. The van der Waals surface area contributed by atoms with E-state index in [4.69, 9.17) is 4.74 Å². The minimum absolute atomic E-state index is 0.171. The van der Waals surface area contributed by atoms with E-state index in [0.717, 1.165) is 25.3 Å². The molecule has 1 atom stereocenters. The number of hydrogen-bond donors (Lipinski definition) is 1. The van der Waals surface area contributed by atoms with Gasteiger partial charge in [-0.1, -0.05) is 72.2 Å². The van der Waals surface area contributed by atoms with Gasteiger partial charge in [0.25, 0.3) is 5.91 Å². The van der Waals surface area contributed by atoms with Crippen molar-refractivity contribution < 1.29 is 14.3 Å². The Morgan fingerprint density at radius 1 is 0.970 bits per heavy atom. The number of amides is 2. The number of rotatable bonds is 9. The van der Waals surface area contributed by atoms with Crippen LogP contribution in [0.15, 0.2) is 69.6 Å². The van der Waals surface area contributed by atoms with Crippen molar-refractivity contribution in [3.05, 3.63) is 75.2 Å². The summed E-state index contributed by atoms with van der Waals surface area (Å²) in [6.45, 7) is 6.51. The number of carbonyl (C=O) groups is 2. The van der Waals surface area contributed by atoms with Crippen molar-refractivity contribution in [2.24, 2.45) is 5.92 Å². The molecule has 0 aliphatic carbocycles. The predicted octanol–water partition coefficient (Wildman–Crippen LogP) is 5.93. The average Bonchev–Trinajstić information content (AvgIpc) is 2.81. The van der Waals surface area contributed by atoms with Crippen molar-refractivity contribution in [3.63, 3.8) is 0 Å². The van der Waals surface area contributed by atoms with Crippen molar-refractivity contribution >= 4 is 54.4 Å². The van der Waals surface area contributed by atoms with E-state index in [1.165, 1.54) is 0 Å². The zero-order valence-electron chi connectivity index (χ0n) is 19.0. The molecule has 1 unspecified atom stereocenters. The molecule has 3 aromatic carbocycles. The monoisotopic (exact) mass is 574 g/mol. The molecule has 3 rings (SSSR count). The van der Waals surface area contributed by atoms with E-state index in [1.54, 1.807) is 11.8 Å². The van der Waals surface area contributed by atoms with Crippen LogP contribution in [0.5, 0.6) is 5.75 Å². The van der Waals surface area contributed by atoms with Gasteiger partial charge in [0.2, 0.25) is 5.91 Å². The third-order valence-electron chi connectivity index (χ3n) is 5.30. The van der Waals surface area contributed by atoms with Gasteiger partial charge in [-0.05, 0) is 63.3 Å². The van der Waals surface area contributed by atoms with Crippen LogP contribution in [0.1, 0.15) is 26.3 Å². The Hall–Kier alpha value is -2.38. The number of ether oxygens (including phenoxy) is 1. The minimum Gasteiger partial charge on any atom is -0.483 e. The summed E-state index contributed by atoms with van der Waals surface area (Å²) in [6, 6.07) is 18.8. The smallest absolute Gasteiger partial charge is 0.261 e. The Bertz CT molecular complexity index is 1120. The van der Waals surface area contributed by atoms with Crippen molar-refractivity contribution in [1.29, 1.82) is 0 Å². The number of carbonyl (C=O) groups excluding carboxylic acids is 2. The maximum atomic E-state index is 13.2. The fourth-order valence-corrected chi connectivity index (χ4v) is 4.24. The first-order valence-corrected chi connectivity index (χ1v) is 12.5. The van der Waals surface area contributed by atoms with Crippen LogP contribution in [0.4, 0.5) is 0 Å². The summed E-state index contributed by atoms with van der Waals surface area (Å²) in [7, 11) is 0. The molecule has 33 heavy (non-hydrogen) atoms. The van der Waals surface area contributed by atoms with E-state index < -0.39 is 6.04 Å². The fourth-order valence-electron chi connectivity index (χ4n) is 3.37. The lowest BCUT2D eigenvalue weighted by atomic mass is 10.1. The second kappa shape index (κ2) is 11.7. The van der Waals surface area contributed by atoms with Crippen LogP contribution < -0.4 is 10.1 Å². The lowest BCUT2D eigenvalue weighted by molar-refractivity contribution is -0.142. The third-order valence-corrected chi connectivity index (χ3v) is 6.64. The molecule has 0 aliphatic heterocycles. The lowest BCUT2D eigenvalue weighted by Gasteiger charge is -2.29. The van der Waals surface area contributed by atoms with Crippen LogP contribution in [0.2, 0.25) is 0 Å². The summed E-state index contributed by atoms with van der Waals surface area (Å²) in [6.07, 6.45) is 0. The Balaban J connectivity index is 1.77. The molecule has 0 saturated carbocycles. The number of nitrogens with one attached hydrogen (secondary N) is 1. The van der Waals surface area contributed by atoms with Gasteiger partial charge in [0.15, 0.2) is 6.61 Å². The zero-order valence-corrected chi connectivity index (χ0v) is 22.1. The fraction of sp³-hybridized carbons (Fsp3) is 0.308. The van der Waals surface area contributed by atoms with Gasteiger partial charge in [-0.15, -0.1) is 0 Å². The highest BCUT2D eigenvalue weighted by atomic mass is 79.9. The van der Waals surface area contributed by atoms with Gasteiger partial charge >= 0.3 is 0 Å². The summed E-state index contributed by atoms with van der Waals surface area (Å²) in [5.74, 6) is 0.471. The van der Waals surface area contributed by atoms with E-state index in [0.29, 0.717) is 24.8 Å². The van der Waals surface area contributed by atoms with Gasteiger partial charge in [0.05, 0.1) is 4.47 Å². The average molecular weight is 576 g/mol. The molecule has 1 N–H and O–H groups in total. The first-order valence-electron chi connectivity index (χ1n) is 10.9. The molecule has 0 radical (unpaired) electrons. The normalized spacial score (nSPS) is 11.9. The maximum absolute atomic E-state index is 13.2. The second-order valence-electron chi connectivity index (χ2n) is 8.35. The molecule has 0 fully saturated rings. The zero-order chi connectivity index (χ0) is 24.0. The summed E-state index contributed by atoms with van der Waals surface area (Å²) in [5, 5.41) is 5.02. The molecule has 0 aliphatic rings. The van der Waals surface area contributed by atoms with Crippen LogP contribution >= 0.6 is 31.9 Å². The topological polar surface area (TPSA) is 58.6 Å². The highest BCUT2D eigenvalue weighted by Gasteiger charge is 2.26. The molecular formula is C26H28Br2N2O3. The van der Waals surface area contributed by atoms with Crippen LogP contribution in [0.25, 0.3) is 10.8 Å². The van der Waals surface area contributed by atoms with Gasteiger partial charge in [-0.3, -0.25) is 9.59 Å². The first kappa shape index (κ1) is 25.2. The van der Waals surface area contributed by atoms with E-state index >= 15 is 0 Å². The molecule has 0 heterocycles. The van der Waals surface area contributed by atoms with E-state index in [2.05, 4.69) is 37.2 Å². The first-order chi connectivity index (χ1) is 15.8. The number of benzene rings is 3. The molecule has 0 spiro atoms. The van der Waals surface area contributed by atoms with Crippen molar-refractivity contribution in [2.75, 3.05) is 13.2 Å². The predicted molar refractivity (Wildman–Crippen MR) is 139 cm³/mol. The number of hydrogen-bond acceptors (Lipinski definition) is 3. The van der Waals surface area contributed by atoms with Gasteiger partial charge in [0.1, 0.15) is 11.8 Å². The van der Waals surface area contributed by atoms with Crippen LogP contribution in [0, 0.1) is 5.92 Å². The van der Waals surface area contributed by atoms with Gasteiger partial charge in [0, 0.05) is 17.6 Å². The molecule has 0 bridgehead atoms. The van der Waals surface area contributed by atoms with E-state index in [9.17, 15) is 9.59 Å². The second-order valence-corrected chi connectivity index (χ2v) is 10.1. The summed E-state index contributed by atoms with van der Waals surface area (Å²) in [4.78, 5) is 27.6. The largest absolute Gasteiger partial charge is 0.483 e. The van der Waals surface area contributed by atoms with Crippen molar-refractivity contribution in [1.82, 2.24) is 10.2 Å². The van der Waals surface area contributed by atoms with Gasteiger partial charge in [-0.2, -0.15) is 0 Å². The quantitative estimate of drug-likeness (QED) is 0.344. The highest BCUT2D eigenvalue weighted by Crippen LogP contribution is 2.33. The van der Waals surface area contributed by atoms with E-state index in [-0.39, 0.29) is 18.4 Å². The minimum atomic E-state index is -0.636. The third kappa shape index (κ3) is 6.81. The molecule has 5 nitrogen and oxygen atoms in total. The maximum Gasteiger partial charge on any atom is 0.261 e. The van der Waals surface area contributed by atoms with E-state index in [1.807, 2.05) is 74.5 Å². The van der Waals surface area contributed by atoms with Crippen molar-refractivity contribution in [2.45, 2.75) is 33.4 Å². The summed E-state index contributed by atoms with van der Waals surface area (Å²) in [5.41, 5.74) is 0.932. The molecule has 0 aromatic heterocycles. The Morgan fingerprint density at radius 3 is 2.36 bits per heavy atom. The van der Waals surface area contributed by atoms with Crippen LogP contribution in [-0.2, 0) is 16.1 Å². The number of nitrogens with zero attached hydrogens (tertiary/aromatic N) is 1. The Kier molecular flexibility index (Phi) is 8.92. The van der Waals surface area contributed by atoms with Crippen LogP contribution in [0.3, 0.4) is 0 Å². The van der Waals surface area contributed by atoms with Gasteiger partial charge in [-0.25, -0.2) is 0 Å². The molecular weight excluding hydrogens is 548 g/mol. The lowest BCUT2D eigenvalue weighted by Crippen LogP contribution is -2.49. The van der Waals surface area contributed by atoms with Crippen molar-refractivity contribution in [3.8, 4) is 5.75 Å². The summed E-state index contributed by atoms with van der Waals surface area (Å²) >= 11 is 7.03.